The fourth-order valence-corrected chi connectivity index (χ4v) is 16.2. The minimum atomic E-state index is -0.640. The molecule has 618 valence electrons. The molecule has 0 radical (unpaired) electrons. The number of hydrogen-bond donors (Lipinski definition) is 7. The van der Waals surface area contributed by atoms with Crippen molar-refractivity contribution >= 4 is 63.5 Å². The number of methoxy groups -OCH3 is 3. The zero-order valence-corrected chi connectivity index (χ0v) is 69.9. The van der Waals surface area contributed by atoms with Gasteiger partial charge in [0.25, 0.3) is 0 Å². The molecule has 4 aromatic heterocycles. The summed E-state index contributed by atoms with van der Waals surface area (Å²) in [4.78, 5) is 127. The van der Waals surface area contributed by atoms with Crippen molar-refractivity contribution in [2.45, 2.75) is 169 Å². The van der Waals surface area contributed by atoms with Gasteiger partial charge in [0.05, 0.1) is 99.5 Å². The lowest BCUT2D eigenvalue weighted by atomic mass is 9.99. The predicted octanol–water partition coefficient (Wildman–Crippen LogP) is 16.9. The first-order valence-electron chi connectivity index (χ1n) is 41.0. The number of imidazole rings is 4. The van der Waals surface area contributed by atoms with Crippen molar-refractivity contribution in [1.82, 2.24) is 75.4 Å². The number of aromatic amines is 4. The highest BCUT2D eigenvalue weighted by molar-refractivity contribution is 5.99. The molecule has 0 aliphatic carbocycles. The Morgan fingerprint density at radius 1 is 0.373 bits per heavy atom. The lowest BCUT2D eigenvalue weighted by Crippen LogP contribution is -2.51. The minimum Gasteiger partial charge on any atom is -0.453 e. The van der Waals surface area contributed by atoms with Gasteiger partial charge in [-0.1, -0.05) is 204 Å². The molecule has 1 unspecified atom stereocenters. The maximum absolute atomic E-state index is 13.3. The quantitative estimate of drug-likeness (QED) is 0.0370. The number of H-pyrrole nitrogens is 4. The molecule has 15 rings (SSSR count). The Hall–Kier alpha value is -12.4. The number of carbonyl (C=O) groups is 7. The Kier molecular flexibility index (Phi) is 28.1. The zero-order valence-electron chi connectivity index (χ0n) is 69.9. The first-order valence-corrected chi connectivity index (χ1v) is 41.0. The van der Waals surface area contributed by atoms with Crippen molar-refractivity contribution in [2.75, 3.05) is 47.5 Å². The van der Waals surface area contributed by atoms with Crippen LogP contribution in [-0.2, 0) is 39.8 Å². The Morgan fingerprint density at radius 3 is 1.00 bits per heavy atom. The lowest BCUT2D eigenvalue weighted by Gasteiger charge is -2.30. The largest absolute Gasteiger partial charge is 0.453 e. The van der Waals surface area contributed by atoms with Gasteiger partial charge in [0.15, 0.2) is 0 Å². The summed E-state index contributed by atoms with van der Waals surface area (Å²) in [5, 5.41) is 12.8. The van der Waals surface area contributed by atoms with E-state index in [2.05, 4.69) is 185 Å². The topological polar surface area (TPSA) is 311 Å². The van der Waals surface area contributed by atoms with E-state index in [-0.39, 0.29) is 65.5 Å². The second-order valence-electron chi connectivity index (χ2n) is 32.0. The Morgan fingerprint density at radius 2 is 0.669 bits per heavy atom. The van der Waals surface area contributed by atoms with Crippen LogP contribution in [-0.4, -0.2) is 167 Å². The molecule has 0 spiro atoms. The number of aromatic nitrogens is 8. The van der Waals surface area contributed by atoms with Crippen molar-refractivity contribution in [1.29, 1.82) is 0 Å². The summed E-state index contributed by atoms with van der Waals surface area (Å²) in [5.74, 6) is 2.91. The van der Waals surface area contributed by atoms with Gasteiger partial charge in [-0.2, -0.15) is 0 Å². The molecule has 0 saturated carbocycles. The van der Waals surface area contributed by atoms with Crippen LogP contribution in [0.2, 0.25) is 0 Å². The van der Waals surface area contributed by atoms with E-state index in [0.717, 1.165) is 132 Å². The van der Waals surface area contributed by atoms with Gasteiger partial charge in [-0.15, -0.1) is 0 Å². The number of nitrogens with zero attached hydrogens (tertiary/aromatic N) is 8. The SMILES string of the molecule is COC(=O)NC(C(=O)N1CCC[C@H]1c1ncc(-c2ccc(C)c3ccccc23)[nH]1)C(C)C.COC(=O)N[C@@H](C(=O)N1CCC[C@H]1c1ncc(-c2ccc(C)c3ccccc23)[nH]1)C(C)C.COC(=O)N[C@@H](C(=O)N1CCC[C@H]1c1ncc(-c2ccc(C)cc2)[nH]1)C(C)C.Cc1ccc(-c2cnc([C@@H]3CCCN3C(=O)Cc3ccccc3)[nH]2)cc1. The molecule has 7 N–H and O–H groups in total. The number of ether oxygens (including phenoxy) is 3. The molecule has 4 aliphatic heterocycles. The monoisotopic (exact) mass is 1600 g/mol. The second kappa shape index (κ2) is 39.0. The molecule has 7 aromatic carbocycles. The van der Waals surface area contributed by atoms with Crippen LogP contribution < -0.4 is 16.0 Å². The molecule has 11 aromatic rings. The smallest absolute Gasteiger partial charge is 0.407 e. The molecule has 4 aliphatic rings. The van der Waals surface area contributed by atoms with Gasteiger partial charge in [-0.3, -0.25) is 19.2 Å². The van der Waals surface area contributed by atoms with Crippen LogP contribution in [0.25, 0.3) is 66.6 Å². The number of aryl methyl sites for hydroxylation is 4. The molecule has 4 fully saturated rings. The van der Waals surface area contributed by atoms with E-state index in [1.165, 1.54) is 65.1 Å². The third-order valence-corrected chi connectivity index (χ3v) is 22.8. The van der Waals surface area contributed by atoms with Crippen LogP contribution in [0, 0.1) is 45.4 Å². The first-order chi connectivity index (χ1) is 56.9. The van der Waals surface area contributed by atoms with Gasteiger partial charge in [0, 0.05) is 37.3 Å². The van der Waals surface area contributed by atoms with E-state index in [1.54, 1.807) is 0 Å². The van der Waals surface area contributed by atoms with Gasteiger partial charge in [0.1, 0.15) is 41.4 Å². The predicted molar refractivity (Wildman–Crippen MR) is 457 cm³/mol. The highest BCUT2D eigenvalue weighted by Crippen LogP contribution is 2.39. The summed E-state index contributed by atoms with van der Waals surface area (Å²) >= 11 is 0. The van der Waals surface area contributed by atoms with Crippen LogP contribution in [0.5, 0.6) is 0 Å². The maximum Gasteiger partial charge on any atom is 0.407 e. The molecule has 8 heterocycles. The first kappa shape index (κ1) is 85.0. The number of alkyl carbamates (subject to hydrolysis) is 3. The zero-order chi connectivity index (χ0) is 83.8. The summed E-state index contributed by atoms with van der Waals surface area (Å²) < 4.78 is 14.1. The summed E-state index contributed by atoms with van der Waals surface area (Å²) in [6.45, 7) is 22.6. The van der Waals surface area contributed by atoms with Crippen molar-refractivity contribution in [2.24, 2.45) is 17.8 Å². The molecule has 25 nitrogen and oxygen atoms in total. The number of benzene rings is 7. The van der Waals surface area contributed by atoms with Crippen LogP contribution in [0.4, 0.5) is 14.4 Å². The van der Waals surface area contributed by atoms with Gasteiger partial charge >= 0.3 is 18.3 Å². The third-order valence-electron chi connectivity index (χ3n) is 22.8. The number of likely N-dealkylation sites (tertiary alicyclic amines) is 4. The number of amides is 7. The van der Waals surface area contributed by atoms with Crippen LogP contribution in [0.3, 0.4) is 0 Å². The van der Waals surface area contributed by atoms with Crippen molar-refractivity contribution in [3.63, 3.8) is 0 Å². The van der Waals surface area contributed by atoms with E-state index in [1.807, 2.05) is 141 Å². The van der Waals surface area contributed by atoms with E-state index < -0.39 is 36.4 Å². The summed E-state index contributed by atoms with van der Waals surface area (Å²) in [7, 11) is 3.90. The molecule has 0 bridgehead atoms. The van der Waals surface area contributed by atoms with Crippen molar-refractivity contribution in [3.05, 3.63) is 228 Å². The van der Waals surface area contributed by atoms with Gasteiger partial charge < -0.3 is 69.7 Å². The fourth-order valence-electron chi connectivity index (χ4n) is 16.2. The molecular weight excluding hydrogens is 1490 g/mol. The maximum atomic E-state index is 13.3. The Balaban J connectivity index is 0.000000145. The minimum absolute atomic E-state index is 0.0467. The molecule has 4 saturated heterocycles. The van der Waals surface area contributed by atoms with Crippen molar-refractivity contribution in [3.8, 4) is 45.0 Å². The number of nitrogens with one attached hydrogen (secondary N) is 7. The fraction of sp³-hybridized carbons (Fsp3) is 0.387. The number of carbonyl (C=O) groups excluding carboxylic acids is 7. The molecule has 118 heavy (non-hydrogen) atoms. The lowest BCUT2D eigenvalue weighted by molar-refractivity contribution is -0.136. The molecule has 7 atom stereocenters. The Labute approximate surface area is 690 Å². The highest BCUT2D eigenvalue weighted by atomic mass is 16.5. The number of fused-ring (bicyclic) bond motifs is 2. The van der Waals surface area contributed by atoms with Gasteiger partial charge in [0.2, 0.25) is 23.6 Å². The third kappa shape index (κ3) is 20.0. The van der Waals surface area contributed by atoms with Crippen molar-refractivity contribution < 1.29 is 47.8 Å². The van der Waals surface area contributed by atoms with Crippen LogP contribution in [0.15, 0.2) is 176 Å². The average Bonchev–Trinajstić information content (AvgIpc) is 1.57. The van der Waals surface area contributed by atoms with E-state index >= 15 is 0 Å². The highest BCUT2D eigenvalue weighted by Gasteiger charge is 2.41. The van der Waals surface area contributed by atoms with Crippen LogP contribution in [0.1, 0.15) is 168 Å². The Bertz CT molecular complexity index is 5100. The van der Waals surface area contributed by atoms with E-state index in [9.17, 15) is 33.6 Å². The molecule has 7 amide bonds. The summed E-state index contributed by atoms with van der Waals surface area (Å²) in [6, 6.07) is 49.4. The average molecular weight is 1600 g/mol. The number of hydrogen-bond acceptors (Lipinski definition) is 14. The van der Waals surface area contributed by atoms with E-state index in [4.69, 9.17) is 9.47 Å². The van der Waals surface area contributed by atoms with Gasteiger partial charge in [-0.05, 0) is 146 Å². The normalized spacial score (nSPS) is 17.1. The number of rotatable bonds is 19. The van der Waals surface area contributed by atoms with Crippen LogP contribution >= 0.6 is 0 Å². The molecular formula is C93H111N15O10. The molecule has 25 heteroatoms. The van der Waals surface area contributed by atoms with Gasteiger partial charge in [-0.25, -0.2) is 34.3 Å². The van der Waals surface area contributed by atoms with E-state index in [0.29, 0.717) is 26.1 Å². The summed E-state index contributed by atoms with van der Waals surface area (Å²) in [6.07, 6.45) is 13.2. The standard InChI is InChI=1S/2C25H30N4O3.C22H23N3O.C21H28N4O3/c2*1-15(2)22(28-25(31)32-4)24(30)29-13-7-10-21(29)23-26-14-20(27-23)19-12-11-16(3)17-8-5-6-9-18(17)19;1-16-9-11-18(12-10-16)19-15-23-22(24-19)20-8-5-13-25(20)21(26)14-17-6-3-2-4-7-17;1-13(2)18(24-21(27)28-4)20(26)25-11-5-6-17(25)19-22-12-16(23-19)15-9-7-14(3)8-10-15/h2*5-6,8-9,11-12,14-15,21-22H,7,10,13H2,1-4H3,(H,26,27)(H,28,31);2-4,6-7,9-12,15,20H,5,8,13-14H2,1H3,(H,23,24);7-10,12-13,17-18H,5-6,11H2,1-4H3,(H,22,23)(H,24,27)/t21-,22?;21-,22+;20-;17-,18+/m0000/s1. The summed E-state index contributed by atoms with van der Waals surface area (Å²) in [5.41, 5.74) is 14.1. The second-order valence-corrected chi connectivity index (χ2v) is 32.0.